The summed E-state index contributed by atoms with van der Waals surface area (Å²) < 4.78 is 5.42. The standard InChI is InChI=1S/C13H14ClN3OS/c1-15-11-7-19-6-10(11)13-16-12(17-18-13)8-3-2-4-9(14)5-8/h2-5,10-11,15H,6-7H2,1H3. The van der Waals surface area contributed by atoms with Crippen molar-refractivity contribution >= 4 is 23.4 Å². The molecule has 3 rings (SSSR count). The minimum absolute atomic E-state index is 0.287. The van der Waals surface area contributed by atoms with E-state index < -0.39 is 0 Å². The van der Waals surface area contributed by atoms with E-state index in [-0.39, 0.29) is 5.92 Å². The molecule has 0 aliphatic carbocycles. The van der Waals surface area contributed by atoms with Gasteiger partial charge in [-0.2, -0.15) is 16.7 Å². The number of nitrogens with zero attached hydrogens (tertiary/aromatic N) is 2. The Kier molecular flexibility index (Phi) is 3.77. The third-order valence-corrected chi connectivity index (χ3v) is 4.72. The minimum Gasteiger partial charge on any atom is -0.339 e. The quantitative estimate of drug-likeness (QED) is 0.943. The first kappa shape index (κ1) is 13.0. The fourth-order valence-corrected chi connectivity index (χ4v) is 3.82. The fraction of sp³-hybridized carbons (Fsp3) is 0.385. The summed E-state index contributed by atoms with van der Waals surface area (Å²) >= 11 is 7.88. The van der Waals surface area contributed by atoms with Crippen LogP contribution in [0, 0.1) is 0 Å². The lowest BCUT2D eigenvalue weighted by Gasteiger charge is -2.13. The Morgan fingerprint density at radius 3 is 3.11 bits per heavy atom. The molecular formula is C13H14ClN3OS. The summed E-state index contributed by atoms with van der Waals surface area (Å²) in [5.74, 6) is 3.69. The van der Waals surface area contributed by atoms with Crippen molar-refractivity contribution in [2.75, 3.05) is 18.6 Å². The van der Waals surface area contributed by atoms with Gasteiger partial charge in [0, 0.05) is 28.1 Å². The van der Waals surface area contributed by atoms with Crippen LogP contribution >= 0.6 is 23.4 Å². The van der Waals surface area contributed by atoms with E-state index in [1.807, 2.05) is 43.1 Å². The van der Waals surface area contributed by atoms with E-state index in [1.54, 1.807) is 0 Å². The van der Waals surface area contributed by atoms with Crippen LogP contribution in [0.4, 0.5) is 0 Å². The number of likely N-dealkylation sites (N-methyl/N-ethyl adjacent to an activating group) is 1. The number of hydrogen-bond donors (Lipinski definition) is 1. The summed E-state index contributed by atoms with van der Waals surface area (Å²) in [6.45, 7) is 0. The molecule has 1 saturated heterocycles. The van der Waals surface area contributed by atoms with E-state index in [4.69, 9.17) is 16.1 Å². The maximum absolute atomic E-state index is 5.97. The van der Waals surface area contributed by atoms with Crippen molar-refractivity contribution in [1.29, 1.82) is 0 Å². The Bertz CT molecular complexity index is 575. The largest absolute Gasteiger partial charge is 0.339 e. The van der Waals surface area contributed by atoms with Gasteiger partial charge in [0.05, 0.1) is 5.92 Å². The van der Waals surface area contributed by atoms with Gasteiger partial charge in [0.25, 0.3) is 0 Å². The first-order valence-corrected chi connectivity index (χ1v) is 7.66. The SMILES string of the molecule is CNC1CSCC1c1nc(-c2cccc(Cl)c2)no1. The molecule has 0 saturated carbocycles. The van der Waals surface area contributed by atoms with Crippen LogP contribution in [0.3, 0.4) is 0 Å². The van der Waals surface area contributed by atoms with E-state index in [2.05, 4.69) is 15.5 Å². The molecule has 100 valence electrons. The summed E-state index contributed by atoms with van der Waals surface area (Å²) in [5.41, 5.74) is 0.883. The highest BCUT2D eigenvalue weighted by Gasteiger charge is 2.32. The Balaban J connectivity index is 1.87. The van der Waals surface area contributed by atoms with Crippen LogP contribution in [0.1, 0.15) is 11.8 Å². The molecule has 2 heterocycles. The van der Waals surface area contributed by atoms with E-state index in [0.717, 1.165) is 17.1 Å². The molecule has 0 amide bonds. The molecule has 1 aromatic heterocycles. The van der Waals surface area contributed by atoms with Crippen molar-refractivity contribution in [2.24, 2.45) is 0 Å². The van der Waals surface area contributed by atoms with Gasteiger partial charge in [-0.3, -0.25) is 0 Å². The Morgan fingerprint density at radius 1 is 1.42 bits per heavy atom. The molecule has 0 radical (unpaired) electrons. The molecule has 1 aliphatic rings. The molecular weight excluding hydrogens is 282 g/mol. The van der Waals surface area contributed by atoms with E-state index in [1.165, 1.54) is 0 Å². The van der Waals surface area contributed by atoms with Crippen LogP contribution < -0.4 is 5.32 Å². The Hall–Kier alpha value is -1.04. The van der Waals surface area contributed by atoms with E-state index in [9.17, 15) is 0 Å². The lowest BCUT2D eigenvalue weighted by molar-refractivity contribution is 0.344. The number of benzene rings is 1. The highest BCUT2D eigenvalue weighted by atomic mass is 35.5. The number of rotatable bonds is 3. The lowest BCUT2D eigenvalue weighted by atomic mass is 10.0. The first-order chi connectivity index (χ1) is 9.28. The summed E-state index contributed by atoms with van der Waals surface area (Å²) in [6.07, 6.45) is 0. The van der Waals surface area contributed by atoms with Gasteiger partial charge < -0.3 is 9.84 Å². The average molecular weight is 296 g/mol. The highest BCUT2D eigenvalue weighted by Crippen LogP contribution is 2.32. The zero-order valence-electron chi connectivity index (χ0n) is 10.5. The number of hydrogen-bond acceptors (Lipinski definition) is 5. The molecule has 0 spiro atoms. The number of thioether (sulfide) groups is 1. The van der Waals surface area contributed by atoms with Gasteiger partial charge in [0.1, 0.15) is 0 Å². The summed E-state index contributed by atoms with van der Waals surface area (Å²) in [5, 5.41) is 8.03. The third-order valence-electron chi connectivity index (χ3n) is 3.29. The molecule has 2 aromatic rings. The van der Waals surface area contributed by atoms with Crippen molar-refractivity contribution in [3.05, 3.63) is 35.2 Å². The van der Waals surface area contributed by atoms with Crippen molar-refractivity contribution in [3.63, 3.8) is 0 Å². The predicted molar refractivity (Wildman–Crippen MR) is 77.7 cm³/mol. The van der Waals surface area contributed by atoms with Gasteiger partial charge in [0.2, 0.25) is 11.7 Å². The zero-order chi connectivity index (χ0) is 13.2. The van der Waals surface area contributed by atoms with Crippen molar-refractivity contribution in [3.8, 4) is 11.4 Å². The zero-order valence-corrected chi connectivity index (χ0v) is 12.0. The summed E-state index contributed by atoms with van der Waals surface area (Å²) in [7, 11) is 1.97. The van der Waals surface area contributed by atoms with Crippen LogP contribution in [-0.2, 0) is 0 Å². The molecule has 19 heavy (non-hydrogen) atoms. The van der Waals surface area contributed by atoms with Crippen LogP contribution in [0.15, 0.2) is 28.8 Å². The van der Waals surface area contributed by atoms with Gasteiger partial charge in [0.15, 0.2) is 0 Å². The number of halogens is 1. The van der Waals surface area contributed by atoms with Gasteiger partial charge in [-0.05, 0) is 19.2 Å². The molecule has 1 aliphatic heterocycles. The van der Waals surface area contributed by atoms with Crippen molar-refractivity contribution < 1.29 is 4.52 Å². The maximum atomic E-state index is 5.97. The molecule has 1 N–H and O–H groups in total. The first-order valence-electron chi connectivity index (χ1n) is 6.12. The van der Waals surface area contributed by atoms with Gasteiger partial charge in [-0.1, -0.05) is 28.9 Å². The van der Waals surface area contributed by atoms with Crippen LogP contribution in [0.2, 0.25) is 5.02 Å². The number of nitrogens with one attached hydrogen (secondary N) is 1. The third kappa shape index (κ3) is 2.63. The monoisotopic (exact) mass is 295 g/mol. The second-order valence-corrected chi connectivity index (χ2v) is 6.02. The van der Waals surface area contributed by atoms with Gasteiger partial charge in [-0.25, -0.2) is 0 Å². The fourth-order valence-electron chi connectivity index (χ4n) is 2.21. The minimum atomic E-state index is 0.287. The normalized spacial score (nSPS) is 22.8. The number of aromatic nitrogens is 2. The molecule has 1 aromatic carbocycles. The molecule has 2 unspecified atom stereocenters. The van der Waals surface area contributed by atoms with Gasteiger partial charge >= 0.3 is 0 Å². The lowest BCUT2D eigenvalue weighted by Crippen LogP contribution is -2.31. The Labute approximate surface area is 120 Å². The van der Waals surface area contributed by atoms with E-state index >= 15 is 0 Å². The van der Waals surface area contributed by atoms with Gasteiger partial charge in [-0.15, -0.1) is 0 Å². The Morgan fingerprint density at radius 2 is 2.32 bits per heavy atom. The average Bonchev–Trinajstić information content (AvgIpc) is 3.07. The van der Waals surface area contributed by atoms with Crippen LogP contribution in [-0.4, -0.2) is 34.7 Å². The molecule has 2 atom stereocenters. The predicted octanol–water partition coefficient (Wildman–Crippen LogP) is 2.81. The molecule has 4 nitrogen and oxygen atoms in total. The maximum Gasteiger partial charge on any atom is 0.232 e. The molecule has 0 bridgehead atoms. The summed E-state index contributed by atoms with van der Waals surface area (Å²) in [4.78, 5) is 4.51. The molecule has 1 fully saturated rings. The van der Waals surface area contributed by atoms with Crippen LogP contribution in [0.25, 0.3) is 11.4 Å². The smallest absolute Gasteiger partial charge is 0.232 e. The second-order valence-electron chi connectivity index (χ2n) is 4.51. The van der Waals surface area contributed by atoms with Crippen molar-refractivity contribution in [2.45, 2.75) is 12.0 Å². The van der Waals surface area contributed by atoms with Crippen molar-refractivity contribution in [1.82, 2.24) is 15.5 Å². The molecule has 6 heteroatoms. The highest BCUT2D eigenvalue weighted by molar-refractivity contribution is 7.99. The van der Waals surface area contributed by atoms with Crippen LogP contribution in [0.5, 0.6) is 0 Å². The summed E-state index contributed by atoms with van der Waals surface area (Å²) in [6, 6.07) is 7.89. The second kappa shape index (κ2) is 5.53. The van der Waals surface area contributed by atoms with E-state index in [0.29, 0.717) is 22.8 Å². The topological polar surface area (TPSA) is 51.0 Å².